The first-order chi connectivity index (χ1) is 11.0. The third kappa shape index (κ3) is 4.81. The molecule has 3 N–H and O–H groups in total. The number of para-hydroxylation sites is 1. The highest BCUT2D eigenvalue weighted by Gasteiger charge is 2.14. The van der Waals surface area contributed by atoms with Crippen molar-refractivity contribution in [3.8, 4) is 0 Å². The lowest BCUT2D eigenvalue weighted by atomic mass is 10.2. The Morgan fingerprint density at radius 1 is 1.00 bits per heavy atom. The summed E-state index contributed by atoms with van der Waals surface area (Å²) in [6, 6.07) is 12.4. The molecule has 0 heterocycles. The number of amides is 2. The van der Waals surface area contributed by atoms with Crippen LogP contribution in [0.5, 0.6) is 0 Å². The summed E-state index contributed by atoms with van der Waals surface area (Å²) in [4.78, 5) is 23.2. The van der Waals surface area contributed by atoms with Crippen molar-refractivity contribution < 1.29 is 14.0 Å². The Labute approximate surface area is 133 Å². The largest absolute Gasteiger partial charge is 0.374 e. The van der Waals surface area contributed by atoms with Crippen molar-refractivity contribution >= 4 is 28.9 Å². The van der Waals surface area contributed by atoms with Gasteiger partial charge in [0.1, 0.15) is 11.9 Å². The average molecular weight is 315 g/mol. The lowest BCUT2D eigenvalue weighted by Gasteiger charge is -2.16. The standard InChI is InChI=1S/C17H18FN3O2/c1-11(17(23)21-16-9-4-3-8-15(16)18)19-13-6-5-7-14(10-13)20-12(2)22/h3-11,19H,1-2H3,(H,20,22)(H,21,23)/t11-/m1/s1. The van der Waals surface area contributed by atoms with Gasteiger partial charge in [-0.25, -0.2) is 4.39 Å². The minimum Gasteiger partial charge on any atom is -0.374 e. The van der Waals surface area contributed by atoms with Crippen LogP contribution >= 0.6 is 0 Å². The molecule has 0 radical (unpaired) electrons. The van der Waals surface area contributed by atoms with Gasteiger partial charge in [-0.1, -0.05) is 18.2 Å². The summed E-state index contributed by atoms with van der Waals surface area (Å²) in [7, 11) is 0. The summed E-state index contributed by atoms with van der Waals surface area (Å²) in [5, 5.41) is 8.21. The van der Waals surface area contributed by atoms with E-state index < -0.39 is 11.9 Å². The number of hydrogen-bond donors (Lipinski definition) is 3. The van der Waals surface area contributed by atoms with E-state index in [4.69, 9.17) is 0 Å². The molecule has 2 aromatic rings. The number of benzene rings is 2. The van der Waals surface area contributed by atoms with Crippen LogP contribution in [-0.4, -0.2) is 17.9 Å². The molecule has 2 rings (SSSR count). The smallest absolute Gasteiger partial charge is 0.246 e. The first-order valence-corrected chi connectivity index (χ1v) is 7.15. The summed E-state index contributed by atoms with van der Waals surface area (Å²) >= 11 is 0. The maximum atomic E-state index is 13.5. The molecule has 5 nitrogen and oxygen atoms in total. The Hall–Kier alpha value is -2.89. The zero-order valence-corrected chi connectivity index (χ0v) is 12.9. The minimum absolute atomic E-state index is 0.137. The lowest BCUT2D eigenvalue weighted by Crippen LogP contribution is -2.32. The van der Waals surface area contributed by atoms with Gasteiger partial charge in [0.25, 0.3) is 0 Å². The fraction of sp³-hybridized carbons (Fsp3) is 0.176. The molecule has 0 aliphatic rings. The zero-order chi connectivity index (χ0) is 16.8. The van der Waals surface area contributed by atoms with E-state index >= 15 is 0 Å². The van der Waals surface area contributed by atoms with Gasteiger partial charge in [-0.3, -0.25) is 9.59 Å². The number of rotatable bonds is 5. The molecule has 23 heavy (non-hydrogen) atoms. The minimum atomic E-state index is -0.581. The second-order valence-electron chi connectivity index (χ2n) is 5.10. The fourth-order valence-electron chi connectivity index (χ4n) is 2.01. The predicted molar refractivity (Wildman–Crippen MR) is 88.9 cm³/mol. The maximum Gasteiger partial charge on any atom is 0.246 e. The highest BCUT2D eigenvalue weighted by Crippen LogP contribution is 2.17. The highest BCUT2D eigenvalue weighted by atomic mass is 19.1. The van der Waals surface area contributed by atoms with Gasteiger partial charge in [-0.15, -0.1) is 0 Å². The molecule has 0 saturated carbocycles. The number of carbonyl (C=O) groups is 2. The molecule has 2 amide bonds. The zero-order valence-electron chi connectivity index (χ0n) is 12.9. The van der Waals surface area contributed by atoms with Crippen molar-refractivity contribution in [2.24, 2.45) is 0 Å². The van der Waals surface area contributed by atoms with Gasteiger partial charge >= 0.3 is 0 Å². The second kappa shape index (κ2) is 7.40. The Bertz CT molecular complexity index is 718. The fourth-order valence-corrected chi connectivity index (χ4v) is 2.01. The van der Waals surface area contributed by atoms with Gasteiger partial charge in [-0.2, -0.15) is 0 Å². The summed E-state index contributed by atoms with van der Waals surface area (Å²) in [6.07, 6.45) is 0. The van der Waals surface area contributed by atoms with Crippen LogP contribution in [0.1, 0.15) is 13.8 Å². The van der Waals surface area contributed by atoms with Crippen molar-refractivity contribution in [2.75, 3.05) is 16.0 Å². The quantitative estimate of drug-likeness (QED) is 0.793. The van der Waals surface area contributed by atoms with Crippen LogP contribution in [0, 0.1) is 5.82 Å². The van der Waals surface area contributed by atoms with Gasteiger partial charge in [-0.05, 0) is 37.3 Å². The number of hydrogen-bond acceptors (Lipinski definition) is 3. The first kappa shape index (κ1) is 16.5. The monoisotopic (exact) mass is 315 g/mol. The van der Waals surface area contributed by atoms with Crippen molar-refractivity contribution in [2.45, 2.75) is 19.9 Å². The van der Waals surface area contributed by atoms with E-state index in [1.165, 1.54) is 19.1 Å². The average Bonchev–Trinajstić information content (AvgIpc) is 2.49. The van der Waals surface area contributed by atoms with E-state index in [9.17, 15) is 14.0 Å². The molecule has 0 bridgehead atoms. The normalized spacial score (nSPS) is 11.4. The molecule has 0 aliphatic carbocycles. The molecule has 0 aromatic heterocycles. The number of nitrogens with one attached hydrogen (secondary N) is 3. The van der Waals surface area contributed by atoms with Gasteiger partial charge < -0.3 is 16.0 Å². The molecule has 0 unspecified atom stereocenters. The molecule has 1 atom stereocenters. The van der Waals surface area contributed by atoms with Gasteiger partial charge in [0.05, 0.1) is 5.69 Å². The first-order valence-electron chi connectivity index (χ1n) is 7.15. The van der Waals surface area contributed by atoms with Crippen molar-refractivity contribution in [1.82, 2.24) is 0 Å². The number of halogens is 1. The van der Waals surface area contributed by atoms with E-state index in [1.807, 2.05) is 0 Å². The molecular formula is C17H18FN3O2. The molecule has 0 aliphatic heterocycles. The molecular weight excluding hydrogens is 297 g/mol. The van der Waals surface area contributed by atoms with Crippen molar-refractivity contribution in [1.29, 1.82) is 0 Å². The van der Waals surface area contributed by atoms with Crippen LogP contribution in [0.15, 0.2) is 48.5 Å². The third-order valence-corrected chi connectivity index (χ3v) is 3.09. The SMILES string of the molecule is CC(=O)Nc1cccc(N[C@H](C)C(=O)Nc2ccccc2F)c1. The maximum absolute atomic E-state index is 13.5. The molecule has 120 valence electrons. The van der Waals surface area contributed by atoms with Crippen molar-refractivity contribution in [3.63, 3.8) is 0 Å². The lowest BCUT2D eigenvalue weighted by molar-refractivity contribution is -0.116. The van der Waals surface area contributed by atoms with Crippen LogP contribution in [0.4, 0.5) is 21.5 Å². The van der Waals surface area contributed by atoms with E-state index in [0.717, 1.165) is 0 Å². The van der Waals surface area contributed by atoms with Crippen LogP contribution in [0.3, 0.4) is 0 Å². The summed E-state index contributed by atoms with van der Waals surface area (Å²) in [5.41, 5.74) is 1.44. The van der Waals surface area contributed by atoms with Crippen LogP contribution < -0.4 is 16.0 Å². The Morgan fingerprint density at radius 3 is 2.39 bits per heavy atom. The third-order valence-electron chi connectivity index (χ3n) is 3.09. The van der Waals surface area contributed by atoms with Gasteiger partial charge in [0.15, 0.2) is 0 Å². The second-order valence-corrected chi connectivity index (χ2v) is 5.10. The molecule has 0 fully saturated rings. The number of carbonyl (C=O) groups excluding carboxylic acids is 2. The predicted octanol–water partition coefficient (Wildman–Crippen LogP) is 3.22. The van der Waals surface area contributed by atoms with E-state index in [2.05, 4.69) is 16.0 Å². The Morgan fingerprint density at radius 2 is 1.70 bits per heavy atom. The van der Waals surface area contributed by atoms with E-state index in [1.54, 1.807) is 43.3 Å². The molecule has 0 spiro atoms. The van der Waals surface area contributed by atoms with E-state index in [-0.39, 0.29) is 17.5 Å². The molecule has 2 aromatic carbocycles. The van der Waals surface area contributed by atoms with Gasteiger partial charge in [0.2, 0.25) is 11.8 Å². The Kier molecular flexibility index (Phi) is 5.30. The van der Waals surface area contributed by atoms with Crippen LogP contribution in [0.25, 0.3) is 0 Å². The summed E-state index contributed by atoms with van der Waals surface area (Å²) < 4.78 is 13.5. The number of anilines is 3. The van der Waals surface area contributed by atoms with Crippen LogP contribution in [-0.2, 0) is 9.59 Å². The van der Waals surface area contributed by atoms with Crippen molar-refractivity contribution in [3.05, 3.63) is 54.3 Å². The highest BCUT2D eigenvalue weighted by molar-refractivity contribution is 5.96. The topological polar surface area (TPSA) is 70.2 Å². The van der Waals surface area contributed by atoms with Crippen LogP contribution in [0.2, 0.25) is 0 Å². The Balaban J connectivity index is 2.01. The molecule has 6 heteroatoms. The summed E-state index contributed by atoms with van der Waals surface area (Å²) in [5.74, 6) is -1.02. The van der Waals surface area contributed by atoms with Gasteiger partial charge in [0, 0.05) is 18.3 Å². The van der Waals surface area contributed by atoms with E-state index in [0.29, 0.717) is 11.4 Å². The summed E-state index contributed by atoms with van der Waals surface area (Å²) in [6.45, 7) is 3.09. The molecule has 0 saturated heterocycles.